The molecular formula is C18H34Ar2N4O4. The van der Waals surface area contributed by atoms with Gasteiger partial charge in [-0.25, -0.2) is 0 Å². The molecule has 0 aromatic heterocycles. The molecular weight excluding hydrogens is 416 g/mol. The summed E-state index contributed by atoms with van der Waals surface area (Å²) in [5.74, 6) is 2.01. The third kappa shape index (κ3) is 9.58. The van der Waals surface area contributed by atoms with E-state index in [1.165, 1.54) is 77.5 Å². The quantitative estimate of drug-likeness (QED) is 0.416. The average Bonchev–Trinajstić information content (AvgIpc) is 2.84. The van der Waals surface area contributed by atoms with Crippen molar-refractivity contribution in [3.63, 3.8) is 0 Å². The molecule has 0 aromatic rings. The second-order valence-corrected chi connectivity index (χ2v) is 8.09. The van der Waals surface area contributed by atoms with Crippen LogP contribution in [0.15, 0.2) is 0 Å². The normalized spacial score (nSPS) is 35.2. The molecule has 2 heterocycles. The van der Waals surface area contributed by atoms with E-state index in [4.69, 9.17) is 20.2 Å². The average molecular weight is 450 g/mol. The number of nitrogens with zero attached hydrogens (tertiary/aromatic N) is 4. The van der Waals surface area contributed by atoms with Gasteiger partial charge in [-0.15, -0.1) is 0 Å². The Morgan fingerprint density at radius 3 is 1.29 bits per heavy atom. The largest absolute Gasteiger partial charge is 0.298 e. The minimum absolute atomic E-state index is 0. The van der Waals surface area contributed by atoms with Crippen molar-refractivity contribution in [1.29, 1.82) is 0 Å². The fourth-order valence-corrected chi connectivity index (χ4v) is 5.41. The first-order chi connectivity index (χ1) is 12.4. The molecule has 2 aliphatic carbocycles. The third-order valence-corrected chi connectivity index (χ3v) is 6.29. The molecule has 6 unspecified atom stereocenters. The van der Waals surface area contributed by atoms with Gasteiger partial charge in [-0.05, 0) is 37.5 Å². The molecule has 0 N–H and O–H groups in total. The molecule has 2 saturated heterocycles. The predicted molar refractivity (Wildman–Crippen MR) is 100 cm³/mol. The van der Waals surface area contributed by atoms with Crippen LogP contribution in [0.25, 0.3) is 0 Å². The van der Waals surface area contributed by atoms with Gasteiger partial charge < -0.3 is 0 Å². The van der Waals surface area contributed by atoms with Gasteiger partial charge in [0, 0.05) is 124 Å². The first kappa shape index (κ1) is 29.2. The zero-order valence-electron chi connectivity index (χ0n) is 16.9. The standard InChI is InChI=1S/C16H28N2.2CH3NO2.2Ar/c1-3-7-15-13(5-1)11-17-9-10-18(15)12-14-6-2-4-8-16(14)17;2*1-2(3)4;;/h13-16H,1-12H2;2*1H3;;. The minimum atomic E-state index is -0.500. The van der Waals surface area contributed by atoms with E-state index >= 15 is 0 Å². The molecule has 2 aliphatic heterocycles. The van der Waals surface area contributed by atoms with Gasteiger partial charge in [0.15, 0.2) is 14.1 Å². The Hall–Kier alpha value is 1.24. The van der Waals surface area contributed by atoms with Gasteiger partial charge in [0.2, 0.25) is 0 Å². The molecule has 2 saturated carbocycles. The molecule has 28 heavy (non-hydrogen) atoms. The van der Waals surface area contributed by atoms with E-state index in [2.05, 4.69) is 9.80 Å². The zero-order valence-corrected chi connectivity index (χ0v) is 18.3. The van der Waals surface area contributed by atoms with Crippen molar-refractivity contribution in [3.05, 3.63) is 20.2 Å². The van der Waals surface area contributed by atoms with Crippen LogP contribution in [-0.4, -0.2) is 72.0 Å². The molecule has 6 atom stereocenters. The van der Waals surface area contributed by atoms with Crippen molar-refractivity contribution in [2.24, 2.45) is 11.8 Å². The number of hydrogen-bond donors (Lipinski definition) is 0. The van der Waals surface area contributed by atoms with E-state index in [0.717, 1.165) is 38.0 Å². The summed E-state index contributed by atoms with van der Waals surface area (Å²) in [4.78, 5) is 22.4. The second kappa shape index (κ2) is 15.1. The van der Waals surface area contributed by atoms with Gasteiger partial charge in [-0.1, -0.05) is 25.7 Å². The Balaban J connectivity index is 0.000000634. The topological polar surface area (TPSA) is 92.8 Å². The Kier molecular flexibility index (Phi) is 15.8. The van der Waals surface area contributed by atoms with Gasteiger partial charge in [0.1, 0.15) is 0 Å². The summed E-state index contributed by atoms with van der Waals surface area (Å²) in [7, 11) is 1.78. The number of rotatable bonds is 0. The predicted octanol–water partition coefficient (Wildman–Crippen LogP) is 2.52. The number of hydrogen-bond acceptors (Lipinski definition) is 6. The Morgan fingerprint density at radius 2 is 0.964 bits per heavy atom. The van der Waals surface area contributed by atoms with Crippen LogP contribution < -0.4 is 0 Å². The second-order valence-electron chi connectivity index (χ2n) is 8.09. The molecule has 166 valence electrons. The Bertz CT molecular complexity index is 437. The number of fused-ring (bicyclic) bond motifs is 7. The molecule has 0 radical (unpaired) electrons. The van der Waals surface area contributed by atoms with Crippen LogP contribution >= 0.6 is 0 Å². The molecule has 4 fully saturated rings. The van der Waals surface area contributed by atoms with E-state index in [1.54, 1.807) is 0 Å². The fraction of sp³-hybridized carbons (Fsp3) is 1.00. The van der Waals surface area contributed by atoms with Crippen LogP contribution in [-0.2, 0) is 0 Å². The van der Waals surface area contributed by atoms with Crippen molar-refractivity contribution >= 4 is 0 Å². The van der Waals surface area contributed by atoms with Crippen LogP contribution in [0.2, 0.25) is 0 Å². The first-order valence-corrected chi connectivity index (χ1v) is 10.0. The van der Waals surface area contributed by atoms with Crippen LogP contribution in [0.5, 0.6) is 0 Å². The van der Waals surface area contributed by atoms with Crippen LogP contribution in [0.1, 0.15) is 51.4 Å². The van der Waals surface area contributed by atoms with Crippen molar-refractivity contribution in [3.8, 4) is 0 Å². The summed E-state index contributed by atoms with van der Waals surface area (Å²) >= 11 is 0. The van der Waals surface area contributed by atoms with Gasteiger partial charge in [-0.2, -0.15) is 0 Å². The summed E-state index contributed by atoms with van der Waals surface area (Å²) in [6, 6.07) is 1.90. The molecule has 4 aliphatic rings. The summed E-state index contributed by atoms with van der Waals surface area (Å²) in [5.41, 5.74) is 0. The molecule has 0 amide bonds. The first-order valence-electron chi connectivity index (χ1n) is 10.0. The minimum Gasteiger partial charge on any atom is -0.298 e. The third-order valence-electron chi connectivity index (χ3n) is 6.29. The molecule has 0 spiro atoms. The van der Waals surface area contributed by atoms with Crippen molar-refractivity contribution in [2.75, 3.05) is 40.3 Å². The van der Waals surface area contributed by atoms with E-state index in [0.29, 0.717) is 0 Å². The monoisotopic (exact) mass is 450 g/mol. The van der Waals surface area contributed by atoms with Crippen LogP contribution in [0.3, 0.4) is 0 Å². The van der Waals surface area contributed by atoms with Gasteiger partial charge >= 0.3 is 0 Å². The van der Waals surface area contributed by atoms with Crippen LogP contribution in [0, 0.1) is 108 Å². The summed E-state index contributed by atoms with van der Waals surface area (Å²) in [6.45, 7) is 5.60. The molecule has 2 bridgehead atoms. The van der Waals surface area contributed by atoms with Gasteiger partial charge in [0.05, 0.1) is 0 Å². The maximum atomic E-state index is 8.81. The summed E-state index contributed by atoms with van der Waals surface area (Å²) in [6.07, 6.45) is 12.0. The smallest absolute Gasteiger partial charge is 0.194 e. The van der Waals surface area contributed by atoms with E-state index in [-0.39, 0.29) is 75.5 Å². The molecule has 8 nitrogen and oxygen atoms in total. The van der Waals surface area contributed by atoms with Gasteiger partial charge in [-0.3, -0.25) is 30.0 Å². The van der Waals surface area contributed by atoms with E-state index < -0.39 is 9.85 Å². The van der Waals surface area contributed by atoms with Crippen molar-refractivity contribution in [1.82, 2.24) is 9.80 Å². The molecule has 0 aromatic carbocycles. The van der Waals surface area contributed by atoms with Crippen molar-refractivity contribution < 1.29 is 85.3 Å². The maximum Gasteiger partial charge on any atom is 0.194 e. The number of nitro groups is 2. The van der Waals surface area contributed by atoms with E-state index in [1.807, 2.05) is 0 Å². The molecule has 4 rings (SSSR count). The molecule has 10 heteroatoms. The summed E-state index contributed by atoms with van der Waals surface area (Å²) in [5, 5.41) is 17.6. The van der Waals surface area contributed by atoms with E-state index in [9.17, 15) is 0 Å². The Morgan fingerprint density at radius 1 is 0.679 bits per heavy atom. The SMILES string of the molecule is C1CCC2C(C1)CN1CCN2CC2CCCCC21.C[N+](=O)[O-].C[N+](=O)[O-].[Ar].[Ar]. The van der Waals surface area contributed by atoms with Crippen LogP contribution in [0.4, 0.5) is 0 Å². The maximum absolute atomic E-state index is 8.81. The summed E-state index contributed by atoms with van der Waals surface area (Å²) < 4.78 is 0. The van der Waals surface area contributed by atoms with Gasteiger partial charge in [0.25, 0.3) is 0 Å². The zero-order chi connectivity index (χ0) is 19.1. The van der Waals surface area contributed by atoms with Crippen molar-refractivity contribution in [2.45, 2.75) is 63.5 Å². The fourth-order valence-electron chi connectivity index (χ4n) is 5.41. The Labute approximate surface area is 228 Å².